The number of H-pyrrole nitrogens is 2. The zero-order chi connectivity index (χ0) is 20.5. The lowest BCUT2D eigenvalue weighted by Crippen LogP contribution is -2.44. The minimum atomic E-state index is -0.0894. The van der Waals surface area contributed by atoms with Crippen LogP contribution in [0.15, 0.2) is 36.8 Å². The van der Waals surface area contributed by atoms with Gasteiger partial charge in [-0.1, -0.05) is 18.2 Å². The number of anilines is 1. The van der Waals surface area contributed by atoms with Gasteiger partial charge in [-0.05, 0) is 42.5 Å². The van der Waals surface area contributed by atoms with Crippen LogP contribution in [0.25, 0.3) is 22.1 Å². The normalized spacial score (nSPS) is 17.0. The maximum Gasteiger partial charge on any atom is 0.226 e. The molecule has 1 amide bonds. The fourth-order valence-electron chi connectivity index (χ4n) is 4.21. The first-order valence-corrected chi connectivity index (χ1v) is 10.5. The van der Waals surface area contributed by atoms with Crippen LogP contribution in [-0.4, -0.2) is 50.5 Å². The molecule has 8 nitrogen and oxygen atoms in total. The van der Waals surface area contributed by atoms with Crippen LogP contribution in [0.1, 0.15) is 18.4 Å². The first kappa shape index (κ1) is 18.9. The summed E-state index contributed by atoms with van der Waals surface area (Å²) in [7, 11) is 0. The molecule has 3 aromatic heterocycles. The van der Waals surface area contributed by atoms with Crippen LogP contribution in [0.3, 0.4) is 0 Å². The van der Waals surface area contributed by atoms with Gasteiger partial charge in [0.15, 0.2) is 11.5 Å². The van der Waals surface area contributed by atoms with Crippen LogP contribution in [-0.2, 0) is 11.2 Å². The van der Waals surface area contributed by atoms with Gasteiger partial charge < -0.3 is 20.2 Å². The molecule has 1 saturated heterocycles. The van der Waals surface area contributed by atoms with Crippen molar-refractivity contribution < 1.29 is 4.79 Å². The molecule has 1 aliphatic heterocycles. The number of hydrogen-bond acceptors (Lipinski definition) is 5. The van der Waals surface area contributed by atoms with E-state index in [9.17, 15) is 4.79 Å². The second kappa shape index (κ2) is 7.95. The summed E-state index contributed by atoms with van der Waals surface area (Å²) in [5, 5.41) is 4.48. The molecule has 5 rings (SSSR count). The van der Waals surface area contributed by atoms with Crippen LogP contribution in [0.4, 0.5) is 5.82 Å². The van der Waals surface area contributed by atoms with E-state index in [1.165, 1.54) is 10.9 Å². The fraction of sp³-hybridized carbons (Fsp3) is 0.333. The van der Waals surface area contributed by atoms with Crippen molar-refractivity contribution in [3.8, 4) is 0 Å². The monoisotopic (exact) mass is 423 g/mol. The highest BCUT2D eigenvalue weighted by Gasteiger charge is 2.28. The summed E-state index contributed by atoms with van der Waals surface area (Å²) in [5.74, 6) is 0.702. The second-order valence-corrected chi connectivity index (χ2v) is 7.94. The number of benzene rings is 1. The Bertz CT molecular complexity index is 1200. The number of carbonyl (C=O) groups is 1. The Morgan fingerprint density at radius 1 is 1.27 bits per heavy atom. The predicted molar refractivity (Wildman–Crippen MR) is 117 cm³/mol. The Hall–Kier alpha value is -3.13. The van der Waals surface area contributed by atoms with Crippen molar-refractivity contribution in [1.29, 1.82) is 0 Å². The van der Waals surface area contributed by atoms with Crippen LogP contribution in [0.5, 0.6) is 0 Å². The van der Waals surface area contributed by atoms with Gasteiger partial charge in [0.1, 0.15) is 5.52 Å². The summed E-state index contributed by atoms with van der Waals surface area (Å²) in [6.45, 7) is 2.03. The number of carbonyl (C=O) groups excluding carboxylic acids is 1. The van der Waals surface area contributed by atoms with Crippen molar-refractivity contribution in [3.63, 3.8) is 0 Å². The summed E-state index contributed by atoms with van der Waals surface area (Å²) in [6, 6.07) is 8.21. The van der Waals surface area contributed by atoms with E-state index in [4.69, 9.17) is 11.6 Å². The van der Waals surface area contributed by atoms with Crippen LogP contribution < -0.4 is 10.2 Å². The SMILES string of the molecule is O=C(NCCc1c[nH]c2ccccc12)[C@@H]1CCCN(c2nc(Cl)nc3nc[nH]c23)C1. The largest absolute Gasteiger partial charge is 0.361 e. The third-order valence-corrected chi connectivity index (χ3v) is 5.87. The predicted octanol–water partition coefficient (Wildman–Crippen LogP) is 3.06. The quantitative estimate of drug-likeness (QED) is 0.428. The Balaban J connectivity index is 1.23. The van der Waals surface area contributed by atoms with E-state index in [1.54, 1.807) is 6.33 Å². The van der Waals surface area contributed by atoms with Gasteiger partial charge in [-0.15, -0.1) is 0 Å². The summed E-state index contributed by atoms with van der Waals surface area (Å²) in [5.41, 5.74) is 3.62. The first-order valence-electron chi connectivity index (χ1n) is 10.1. The van der Waals surface area contributed by atoms with Gasteiger partial charge in [0.2, 0.25) is 11.2 Å². The lowest BCUT2D eigenvalue weighted by molar-refractivity contribution is -0.125. The summed E-state index contributed by atoms with van der Waals surface area (Å²) in [6.07, 6.45) is 6.17. The van der Waals surface area contributed by atoms with Crippen molar-refractivity contribution in [3.05, 3.63) is 47.6 Å². The summed E-state index contributed by atoms with van der Waals surface area (Å²) >= 11 is 6.07. The molecule has 1 fully saturated rings. The molecule has 1 aromatic carbocycles. The molecule has 3 N–H and O–H groups in total. The maximum atomic E-state index is 12.8. The van der Waals surface area contributed by atoms with Gasteiger partial charge in [-0.3, -0.25) is 4.79 Å². The molecule has 4 heterocycles. The number of fused-ring (bicyclic) bond motifs is 2. The van der Waals surface area contributed by atoms with Gasteiger partial charge in [0.05, 0.1) is 12.2 Å². The molecular weight excluding hydrogens is 402 g/mol. The minimum absolute atomic E-state index is 0.0838. The van der Waals surface area contributed by atoms with Gasteiger partial charge in [-0.2, -0.15) is 9.97 Å². The van der Waals surface area contributed by atoms with Gasteiger partial charge >= 0.3 is 0 Å². The lowest BCUT2D eigenvalue weighted by atomic mass is 9.97. The molecule has 0 aliphatic carbocycles. The highest BCUT2D eigenvalue weighted by Crippen LogP contribution is 2.27. The molecular formula is C21H22ClN7O. The van der Waals surface area contributed by atoms with Crippen molar-refractivity contribution in [2.24, 2.45) is 5.92 Å². The number of amides is 1. The van der Waals surface area contributed by atoms with E-state index in [1.807, 2.05) is 18.3 Å². The van der Waals surface area contributed by atoms with E-state index in [-0.39, 0.29) is 17.1 Å². The highest BCUT2D eigenvalue weighted by atomic mass is 35.5. The molecule has 0 bridgehead atoms. The molecule has 9 heteroatoms. The number of halogens is 1. The smallest absolute Gasteiger partial charge is 0.226 e. The summed E-state index contributed by atoms with van der Waals surface area (Å²) < 4.78 is 0. The van der Waals surface area contributed by atoms with Crippen molar-refractivity contribution >= 4 is 45.4 Å². The molecule has 0 radical (unpaired) electrons. The van der Waals surface area contributed by atoms with E-state index in [0.29, 0.717) is 24.6 Å². The second-order valence-electron chi connectivity index (χ2n) is 7.60. The molecule has 0 saturated carbocycles. The molecule has 1 atom stereocenters. The van der Waals surface area contributed by atoms with E-state index in [0.717, 1.165) is 36.8 Å². The molecule has 154 valence electrons. The van der Waals surface area contributed by atoms with E-state index >= 15 is 0 Å². The average Bonchev–Trinajstić information content (AvgIpc) is 3.40. The Morgan fingerprint density at radius 3 is 3.10 bits per heavy atom. The van der Waals surface area contributed by atoms with Crippen molar-refractivity contribution in [1.82, 2.24) is 30.2 Å². The Labute approximate surface area is 178 Å². The minimum Gasteiger partial charge on any atom is -0.361 e. The van der Waals surface area contributed by atoms with Crippen molar-refractivity contribution in [2.75, 3.05) is 24.5 Å². The van der Waals surface area contributed by atoms with Gasteiger partial charge in [0, 0.05) is 36.7 Å². The standard InChI is InChI=1S/C21H22ClN7O/c22-21-27-18-17(25-12-26-18)19(28-21)29-9-3-4-14(11-29)20(30)23-8-7-13-10-24-16-6-2-1-5-15(13)16/h1-2,5-6,10,12,14,24H,3-4,7-9,11H2,(H,23,30)(H,25,26,27,28)/t14-/m1/s1. The van der Waals surface area contributed by atoms with E-state index < -0.39 is 0 Å². The average molecular weight is 424 g/mol. The number of imidazole rings is 1. The summed E-state index contributed by atoms with van der Waals surface area (Å²) in [4.78, 5) is 34.0. The van der Waals surface area contributed by atoms with E-state index in [2.05, 4.69) is 47.3 Å². The fourth-order valence-corrected chi connectivity index (χ4v) is 4.37. The van der Waals surface area contributed by atoms with Crippen LogP contribution in [0, 0.1) is 5.92 Å². The molecule has 30 heavy (non-hydrogen) atoms. The number of rotatable bonds is 5. The third kappa shape index (κ3) is 3.59. The molecule has 1 aliphatic rings. The van der Waals surface area contributed by atoms with Crippen molar-refractivity contribution in [2.45, 2.75) is 19.3 Å². The highest BCUT2D eigenvalue weighted by molar-refractivity contribution is 6.28. The number of nitrogens with one attached hydrogen (secondary N) is 3. The number of para-hydroxylation sites is 1. The topological polar surface area (TPSA) is 103 Å². The number of aromatic nitrogens is 5. The number of nitrogens with zero attached hydrogens (tertiary/aromatic N) is 4. The first-order chi connectivity index (χ1) is 14.7. The van der Waals surface area contributed by atoms with Gasteiger partial charge in [-0.25, -0.2) is 4.98 Å². The third-order valence-electron chi connectivity index (χ3n) is 5.70. The Morgan fingerprint density at radius 2 is 2.17 bits per heavy atom. The van der Waals surface area contributed by atoms with Crippen LogP contribution >= 0.6 is 11.6 Å². The van der Waals surface area contributed by atoms with Crippen LogP contribution in [0.2, 0.25) is 5.28 Å². The zero-order valence-corrected chi connectivity index (χ0v) is 17.1. The number of aromatic amines is 2. The molecule has 0 unspecified atom stereocenters. The maximum absolute atomic E-state index is 12.8. The molecule has 0 spiro atoms. The molecule has 4 aromatic rings. The Kier molecular flexibility index (Phi) is 5.00. The number of piperidine rings is 1. The zero-order valence-electron chi connectivity index (χ0n) is 16.4. The van der Waals surface area contributed by atoms with Gasteiger partial charge in [0.25, 0.3) is 0 Å². The lowest BCUT2D eigenvalue weighted by Gasteiger charge is -2.33. The number of hydrogen-bond donors (Lipinski definition) is 3.